The molecule has 0 saturated heterocycles. The molecule has 0 aliphatic heterocycles. The van der Waals surface area contributed by atoms with Crippen molar-refractivity contribution in [3.05, 3.63) is 0 Å². The molecule has 28 nitrogen and oxygen atoms in total. The first-order valence-electron chi connectivity index (χ1n) is 7.49. The van der Waals surface area contributed by atoms with E-state index in [0.29, 0.717) is 0 Å². The van der Waals surface area contributed by atoms with Gasteiger partial charge in [0.25, 0.3) is 0 Å². The molecular formula is C6H5Fe4Na3O28P6. The topological polar surface area (TPSA) is 547 Å². The molecule has 0 heterocycles. The maximum atomic E-state index is 10.1. The fourth-order valence-electron chi connectivity index (χ4n) is 1.05. The van der Waals surface area contributed by atoms with Gasteiger partial charge in [-0.3, -0.25) is 0 Å². The van der Waals surface area contributed by atoms with Crippen LogP contribution in [0.2, 0.25) is 0 Å². The molecule has 0 rings (SSSR count). The number of phosphoric acid groups is 6. The van der Waals surface area contributed by atoms with E-state index in [9.17, 15) is 116 Å². The summed E-state index contributed by atoms with van der Waals surface area (Å²) in [5.74, 6) is -5.98. The molecule has 0 amide bonds. The first-order valence-corrected chi connectivity index (χ1v) is 16.3. The summed E-state index contributed by atoms with van der Waals surface area (Å²) in [5, 5.41) is 38.9. The summed E-state index contributed by atoms with van der Waals surface area (Å²) in [5.41, 5.74) is -2.97. The van der Waals surface area contributed by atoms with Crippen molar-refractivity contribution in [3.63, 3.8) is 0 Å². The molecule has 0 aromatic carbocycles. The van der Waals surface area contributed by atoms with Crippen molar-refractivity contribution in [2.24, 2.45) is 0 Å². The summed E-state index contributed by atoms with van der Waals surface area (Å²) in [7, 11) is -34.1. The average molecular weight is 1000 g/mol. The van der Waals surface area contributed by atoms with Crippen molar-refractivity contribution < 1.29 is 291 Å². The largest absolute Gasteiger partial charge is 3.00 e. The minimum absolute atomic E-state index is 0. The fourth-order valence-corrected chi connectivity index (χ4v) is 3.99. The summed E-state index contributed by atoms with van der Waals surface area (Å²) in [6.45, 7) is 0. The van der Waals surface area contributed by atoms with E-state index >= 15 is 0 Å². The summed E-state index contributed by atoms with van der Waals surface area (Å²) in [4.78, 5) is 142. The van der Waals surface area contributed by atoms with E-state index in [1.54, 1.807) is 0 Å². The van der Waals surface area contributed by atoms with Crippen molar-refractivity contribution in [2.45, 2.75) is 18.4 Å². The van der Waals surface area contributed by atoms with Gasteiger partial charge in [0.1, 0.15) is 5.60 Å². The molecule has 0 bridgehead atoms. The smallest absolute Gasteiger partial charge is 0.790 e. The SMILES string of the molecule is O=C([O-])CC(O)(CC(=O)[O-])C(=O)[O-].O=P([O-])([O-])OP(=O)([O-])[O-].O=P([O-])([O-])OP(=O)([O-])[O-].O=P([O-])([O-])OP(=O)([O-])[O-].[Fe+3].[Fe+3].[Fe+3].[Fe+3].[Na+].[Na+].[Na+]. The van der Waals surface area contributed by atoms with Crippen molar-refractivity contribution in [3.8, 4) is 0 Å². The van der Waals surface area contributed by atoms with Crippen molar-refractivity contribution in [2.75, 3.05) is 0 Å². The van der Waals surface area contributed by atoms with Crippen LogP contribution in [0.15, 0.2) is 0 Å². The maximum Gasteiger partial charge on any atom is 3.00 e. The van der Waals surface area contributed by atoms with E-state index in [4.69, 9.17) is 5.11 Å². The molecule has 47 heavy (non-hydrogen) atoms. The normalized spacial score (nSPS) is 10.9. The van der Waals surface area contributed by atoms with Crippen molar-refractivity contribution in [1.29, 1.82) is 0 Å². The molecule has 0 aromatic heterocycles. The predicted octanol–water partition coefficient (Wildman–Crippen LogP) is -24.3. The Morgan fingerprint density at radius 2 is 0.574 bits per heavy atom. The van der Waals surface area contributed by atoms with Crippen LogP contribution < -0.4 is 163 Å². The van der Waals surface area contributed by atoms with Gasteiger partial charge in [0.15, 0.2) is 0 Å². The first-order chi connectivity index (χ1) is 16.9. The minimum atomic E-state index is -5.68. The van der Waals surface area contributed by atoms with E-state index in [2.05, 4.69) is 12.9 Å². The number of carboxylic acids is 3. The van der Waals surface area contributed by atoms with Crippen LogP contribution in [-0.4, -0.2) is 28.6 Å². The fraction of sp³-hybridized carbons (Fsp3) is 0.500. The first kappa shape index (κ1) is 79.9. The number of carbonyl (C=O) groups is 3. The van der Waals surface area contributed by atoms with Crippen LogP contribution in [0.25, 0.3) is 0 Å². The summed E-state index contributed by atoms with van der Waals surface area (Å²) in [6.07, 6.45) is -2.72. The number of carbonyl (C=O) groups excluding carboxylic acids is 3. The van der Waals surface area contributed by atoms with Gasteiger partial charge in [0.2, 0.25) is 0 Å². The predicted molar refractivity (Wildman–Crippen MR) is 78.1 cm³/mol. The Hall–Kier alpha value is 4.23. The molecule has 0 aliphatic carbocycles. The molecule has 0 aromatic rings. The average Bonchev–Trinajstić information content (AvgIpc) is 2.43. The van der Waals surface area contributed by atoms with Gasteiger partial charge in [-0.2, -0.15) is 0 Å². The molecule has 0 atom stereocenters. The van der Waals surface area contributed by atoms with E-state index in [1.165, 1.54) is 0 Å². The molecule has 0 aliphatic rings. The number of carboxylic acid groups (broad SMARTS) is 3. The Morgan fingerprint density at radius 3 is 0.617 bits per heavy atom. The Labute approximate surface area is 369 Å². The third-order valence-electron chi connectivity index (χ3n) is 1.85. The third-order valence-corrected chi connectivity index (χ3v) is 6.65. The van der Waals surface area contributed by atoms with E-state index in [0.717, 1.165) is 0 Å². The molecule has 0 saturated carbocycles. The molecular weight excluding hydrogens is 998 g/mol. The minimum Gasteiger partial charge on any atom is -0.790 e. The second-order valence-corrected chi connectivity index (χ2v) is 12.7. The van der Waals surface area contributed by atoms with Gasteiger partial charge in [-0.05, 0) is 0 Å². The molecule has 4 radical (unpaired) electrons. The number of aliphatic hydroxyl groups is 1. The standard InChI is InChI=1S/C6H8O7.4Fe.3Na.3H4O7P2/c7-3(8)1-6(13,5(11)12)2-4(9)10;;;;;;;;3*1-8(2,3)7-9(4,5)6/h13H,1-2H2,(H,7,8)(H,9,10)(H,11,12);;;;;;;;3*(H2,1,2,3)(H2,4,5,6)/q;4*+3;3*+1;;;/p-15. The Kier molecular flexibility index (Phi) is 57.0. The summed E-state index contributed by atoms with van der Waals surface area (Å²) in [6, 6.07) is 0. The second kappa shape index (κ2) is 33.6. The van der Waals surface area contributed by atoms with Gasteiger partial charge < -0.3 is 134 Å². The Morgan fingerprint density at radius 1 is 0.447 bits per heavy atom. The van der Waals surface area contributed by atoms with Crippen LogP contribution in [-0.2, 0) is 123 Å². The number of rotatable bonds is 11. The van der Waals surface area contributed by atoms with E-state index < -0.39 is 83.3 Å². The summed E-state index contributed by atoms with van der Waals surface area (Å²) < 4.78 is 63.5. The maximum absolute atomic E-state index is 10.1. The quantitative estimate of drug-likeness (QED) is 0.148. The molecule has 41 heteroatoms. The number of hydrogen-bond acceptors (Lipinski definition) is 28. The van der Waals surface area contributed by atoms with Gasteiger partial charge in [-0.15, -0.1) is 0 Å². The third kappa shape index (κ3) is 79.9. The van der Waals surface area contributed by atoms with Crippen LogP contribution >= 0.6 is 46.9 Å². The van der Waals surface area contributed by atoms with Crippen molar-refractivity contribution in [1.82, 2.24) is 0 Å². The van der Waals surface area contributed by atoms with Gasteiger partial charge in [0.05, 0.1) is 52.9 Å². The zero-order chi connectivity index (χ0) is 33.8. The molecule has 262 valence electrons. The molecule has 0 unspecified atom stereocenters. The van der Waals surface area contributed by atoms with E-state index in [-0.39, 0.29) is 157 Å². The second-order valence-electron chi connectivity index (χ2n) is 5.34. The van der Waals surface area contributed by atoms with Gasteiger partial charge >= 0.3 is 157 Å². The Balaban J connectivity index is -0.0000000394. The van der Waals surface area contributed by atoms with Gasteiger partial charge in [-0.1, -0.05) is 0 Å². The van der Waals surface area contributed by atoms with Crippen molar-refractivity contribution >= 4 is 64.8 Å². The van der Waals surface area contributed by atoms with E-state index in [1.807, 2.05) is 0 Å². The van der Waals surface area contributed by atoms with Crippen LogP contribution in [0.1, 0.15) is 12.8 Å². The zero-order valence-electron chi connectivity index (χ0n) is 22.0. The monoisotopic (exact) mass is 1000 g/mol. The zero-order valence-corrected chi connectivity index (χ0v) is 37.8. The number of hydrogen-bond donors (Lipinski definition) is 1. The number of aliphatic carboxylic acids is 3. The summed E-state index contributed by atoms with van der Waals surface area (Å²) >= 11 is 0. The van der Waals surface area contributed by atoms with Gasteiger partial charge in [-0.25, -0.2) is 0 Å². The van der Waals surface area contributed by atoms with Crippen LogP contribution in [0, 0.1) is 0 Å². The van der Waals surface area contributed by atoms with Gasteiger partial charge in [0, 0.05) is 24.8 Å². The molecule has 1 N–H and O–H groups in total. The molecule has 0 fully saturated rings. The van der Waals surface area contributed by atoms with Crippen LogP contribution in [0.3, 0.4) is 0 Å². The molecule has 0 spiro atoms. The van der Waals surface area contributed by atoms with Crippen LogP contribution in [0.5, 0.6) is 0 Å². The Bertz CT molecular complexity index is 974. The van der Waals surface area contributed by atoms with Crippen LogP contribution in [0.4, 0.5) is 0 Å².